The minimum atomic E-state index is -0.936. The van der Waals surface area contributed by atoms with Gasteiger partial charge in [0.25, 0.3) is 0 Å². The molecule has 1 fully saturated rings. The third kappa shape index (κ3) is 4.21. The molecule has 0 spiro atoms. The maximum atomic E-state index is 10.9. The van der Waals surface area contributed by atoms with Crippen LogP contribution >= 0.6 is 0 Å². The monoisotopic (exact) mass is 252 g/mol. The van der Waals surface area contributed by atoms with Crippen molar-refractivity contribution in [1.82, 2.24) is 5.32 Å². The van der Waals surface area contributed by atoms with E-state index in [1.165, 1.54) is 0 Å². The van der Waals surface area contributed by atoms with Crippen molar-refractivity contribution in [2.75, 3.05) is 0 Å². The first kappa shape index (κ1) is 14.8. The molecule has 0 radical (unpaired) electrons. The van der Waals surface area contributed by atoms with Crippen molar-refractivity contribution in [3.05, 3.63) is 0 Å². The second-order valence-electron chi connectivity index (χ2n) is 6.44. The zero-order valence-corrected chi connectivity index (χ0v) is 11.6. The van der Waals surface area contributed by atoms with E-state index in [-0.39, 0.29) is 11.5 Å². The van der Waals surface area contributed by atoms with Crippen LogP contribution in [0.2, 0.25) is 0 Å². The molecule has 0 heterocycles. The highest BCUT2D eigenvalue weighted by Gasteiger charge is 2.35. The molecule has 0 bridgehead atoms. The van der Waals surface area contributed by atoms with Crippen LogP contribution in [0.15, 0.2) is 0 Å². The van der Waals surface area contributed by atoms with Gasteiger partial charge in [0.1, 0.15) is 0 Å². The van der Waals surface area contributed by atoms with E-state index in [0.717, 1.165) is 25.7 Å². The first-order valence-corrected chi connectivity index (χ1v) is 6.71. The van der Waals surface area contributed by atoms with Gasteiger partial charge in [0.15, 0.2) is 0 Å². The largest absolute Gasteiger partial charge is 0.465 e. The molecule has 1 aliphatic rings. The van der Waals surface area contributed by atoms with Gasteiger partial charge in [0, 0.05) is 12.5 Å². The number of hydrogen-bond donors (Lipinski definition) is 2. The quantitative estimate of drug-likeness (QED) is 0.808. The predicted octanol–water partition coefficient (Wildman–Crippen LogP) is 3.39. The summed E-state index contributed by atoms with van der Waals surface area (Å²) in [4.78, 5) is 10.9. The van der Waals surface area contributed by atoms with Gasteiger partial charge in [-0.3, -0.25) is 0 Å². The summed E-state index contributed by atoms with van der Waals surface area (Å²) in [5, 5.41) is 20.3. The van der Waals surface area contributed by atoms with E-state index in [1.807, 2.05) is 0 Å². The molecule has 1 unspecified atom stereocenters. The number of rotatable bonds is 3. The molecular weight excluding hydrogens is 228 g/mol. The van der Waals surface area contributed by atoms with E-state index in [4.69, 9.17) is 10.4 Å². The molecule has 4 nitrogen and oxygen atoms in total. The Bertz CT molecular complexity index is 320. The van der Waals surface area contributed by atoms with Crippen LogP contribution in [0.1, 0.15) is 52.9 Å². The van der Waals surface area contributed by atoms with Crippen molar-refractivity contribution in [1.29, 1.82) is 5.26 Å². The normalized spacial score (nSPS) is 26.1. The Balaban J connectivity index is 2.61. The summed E-state index contributed by atoms with van der Waals surface area (Å²) in [5.74, 6) is 0.910. The standard InChI is InChI=1S/C14H24N2O2/c1-14(2,3)12(16-13(17)18)11-6-4-10(5-7-11)8-9-15/h10-12,16H,4-8H2,1-3H3,(H,17,18)/t10-,11-,12?. The minimum Gasteiger partial charge on any atom is -0.465 e. The Morgan fingerprint density at radius 1 is 1.39 bits per heavy atom. The lowest BCUT2D eigenvalue weighted by molar-refractivity contribution is 0.125. The first-order chi connectivity index (χ1) is 8.34. The third-order valence-electron chi connectivity index (χ3n) is 3.95. The molecule has 2 N–H and O–H groups in total. The van der Waals surface area contributed by atoms with Gasteiger partial charge in [0.05, 0.1) is 6.07 Å². The number of nitrogens with zero attached hydrogens (tertiary/aromatic N) is 1. The number of amides is 1. The van der Waals surface area contributed by atoms with Crippen molar-refractivity contribution in [2.45, 2.75) is 58.9 Å². The van der Waals surface area contributed by atoms with Crippen LogP contribution in [-0.4, -0.2) is 17.2 Å². The van der Waals surface area contributed by atoms with E-state index in [1.54, 1.807) is 0 Å². The maximum absolute atomic E-state index is 10.9. The molecule has 18 heavy (non-hydrogen) atoms. The predicted molar refractivity (Wildman–Crippen MR) is 70.1 cm³/mol. The molecule has 1 atom stereocenters. The Labute approximate surface area is 109 Å². The van der Waals surface area contributed by atoms with Gasteiger partial charge in [-0.25, -0.2) is 4.79 Å². The highest BCUT2D eigenvalue weighted by atomic mass is 16.4. The van der Waals surface area contributed by atoms with Crippen LogP contribution in [0.3, 0.4) is 0 Å². The number of hydrogen-bond acceptors (Lipinski definition) is 2. The van der Waals surface area contributed by atoms with Crippen LogP contribution in [0, 0.1) is 28.6 Å². The Morgan fingerprint density at radius 2 is 1.94 bits per heavy atom. The molecule has 1 aliphatic carbocycles. The SMILES string of the molecule is CC(C)(C)C(NC(=O)O)[C@H]1CC[C@H](CC#N)CC1. The summed E-state index contributed by atoms with van der Waals surface area (Å²) in [5.41, 5.74) is -0.0644. The lowest BCUT2D eigenvalue weighted by Crippen LogP contribution is -2.49. The molecule has 1 saturated carbocycles. The van der Waals surface area contributed by atoms with Crippen molar-refractivity contribution >= 4 is 6.09 Å². The molecule has 102 valence electrons. The fraction of sp³-hybridized carbons (Fsp3) is 0.857. The molecule has 0 saturated heterocycles. The third-order valence-corrected chi connectivity index (χ3v) is 3.95. The maximum Gasteiger partial charge on any atom is 0.404 e. The summed E-state index contributed by atoms with van der Waals surface area (Å²) in [7, 11) is 0. The van der Waals surface area contributed by atoms with E-state index in [9.17, 15) is 4.79 Å². The van der Waals surface area contributed by atoms with Crippen molar-refractivity contribution < 1.29 is 9.90 Å². The summed E-state index contributed by atoms with van der Waals surface area (Å²) in [6.07, 6.45) is 3.84. The molecule has 1 amide bonds. The minimum absolute atomic E-state index is 0.00182. The lowest BCUT2D eigenvalue weighted by atomic mass is 9.70. The number of nitrogens with one attached hydrogen (secondary N) is 1. The molecule has 4 heteroatoms. The first-order valence-electron chi connectivity index (χ1n) is 6.71. The van der Waals surface area contributed by atoms with Crippen LogP contribution in [0.5, 0.6) is 0 Å². The average molecular weight is 252 g/mol. The van der Waals surface area contributed by atoms with Gasteiger partial charge in [-0.05, 0) is 42.9 Å². The molecular formula is C14H24N2O2. The Morgan fingerprint density at radius 3 is 2.33 bits per heavy atom. The topological polar surface area (TPSA) is 73.1 Å². The van der Waals surface area contributed by atoms with Gasteiger partial charge < -0.3 is 10.4 Å². The van der Waals surface area contributed by atoms with E-state index in [2.05, 4.69) is 32.2 Å². The van der Waals surface area contributed by atoms with E-state index < -0.39 is 6.09 Å². The zero-order valence-electron chi connectivity index (χ0n) is 11.6. The molecule has 0 aromatic heterocycles. The van der Waals surface area contributed by atoms with Gasteiger partial charge in [-0.1, -0.05) is 20.8 Å². The van der Waals surface area contributed by atoms with Crippen molar-refractivity contribution in [2.24, 2.45) is 17.3 Å². The van der Waals surface area contributed by atoms with E-state index >= 15 is 0 Å². The second-order valence-corrected chi connectivity index (χ2v) is 6.44. The van der Waals surface area contributed by atoms with Gasteiger partial charge in [0.2, 0.25) is 0 Å². The lowest BCUT2D eigenvalue weighted by Gasteiger charge is -2.40. The zero-order chi connectivity index (χ0) is 13.8. The highest BCUT2D eigenvalue weighted by Crippen LogP contribution is 2.37. The number of carboxylic acid groups (broad SMARTS) is 1. The summed E-state index contributed by atoms with van der Waals surface area (Å²) in [6.45, 7) is 6.24. The van der Waals surface area contributed by atoms with Gasteiger partial charge in [-0.15, -0.1) is 0 Å². The molecule has 0 aromatic carbocycles. The Kier molecular flexibility index (Phi) is 5.01. The summed E-state index contributed by atoms with van der Waals surface area (Å²) in [6, 6.07) is 2.23. The number of nitriles is 1. The van der Waals surface area contributed by atoms with Crippen molar-refractivity contribution in [3.8, 4) is 6.07 Å². The van der Waals surface area contributed by atoms with Gasteiger partial charge in [-0.2, -0.15) is 5.26 Å². The fourth-order valence-corrected chi connectivity index (χ4v) is 3.03. The van der Waals surface area contributed by atoms with Crippen molar-refractivity contribution in [3.63, 3.8) is 0 Å². The molecule has 0 aromatic rings. The van der Waals surface area contributed by atoms with Crippen LogP contribution in [-0.2, 0) is 0 Å². The summed E-state index contributed by atoms with van der Waals surface area (Å²) >= 11 is 0. The van der Waals surface area contributed by atoms with Gasteiger partial charge >= 0.3 is 6.09 Å². The fourth-order valence-electron chi connectivity index (χ4n) is 3.03. The molecule has 1 rings (SSSR count). The van der Waals surface area contributed by atoms with Crippen LogP contribution in [0.25, 0.3) is 0 Å². The number of carbonyl (C=O) groups is 1. The second kappa shape index (κ2) is 6.08. The molecule has 0 aliphatic heterocycles. The van der Waals surface area contributed by atoms with E-state index in [0.29, 0.717) is 18.3 Å². The van der Waals surface area contributed by atoms with Crippen LogP contribution < -0.4 is 5.32 Å². The smallest absolute Gasteiger partial charge is 0.404 e. The highest BCUT2D eigenvalue weighted by molar-refractivity contribution is 5.65. The Hall–Kier alpha value is -1.24. The summed E-state index contributed by atoms with van der Waals surface area (Å²) < 4.78 is 0. The van der Waals surface area contributed by atoms with Crippen LogP contribution in [0.4, 0.5) is 4.79 Å². The average Bonchev–Trinajstić information content (AvgIpc) is 2.26.